The molecule has 1 saturated carbocycles. The maximum Gasteiger partial charge on any atom is 0.149 e. The lowest BCUT2D eigenvalue weighted by Crippen LogP contribution is -2.31. The molecule has 0 saturated heterocycles. The van der Waals surface area contributed by atoms with E-state index in [9.17, 15) is 0 Å². The van der Waals surface area contributed by atoms with Crippen LogP contribution < -0.4 is 5.32 Å². The summed E-state index contributed by atoms with van der Waals surface area (Å²) in [5, 5.41) is 4.08. The smallest absolute Gasteiger partial charge is 0.149 e. The number of hydrogen-bond acceptors (Lipinski definition) is 3. The number of nitrogens with zero attached hydrogens (tertiary/aromatic N) is 2. The third kappa shape index (κ3) is 5.49. The fourth-order valence-electron chi connectivity index (χ4n) is 3.10. The Hall–Kier alpha value is -1.05. The van der Waals surface area contributed by atoms with Crippen LogP contribution in [-0.4, -0.2) is 24.1 Å². The van der Waals surface area contributed by atoms with Crippen LogP contribution in [0.5, 0.6) is 0 Å². The van der Waals surface area contributed by atoms with Gasteiger partial charge >= 0.3 is 0 Å². The van der Waals surface area contributed by atoms with Gasteiger partial charge < -0.3 is 5.32 Å². The Bertz CT molecular complexity index is 627. The van der Waals surface area contributed by atoms with E-state index in [1.54, 1.807) is 6.33 Å². The minimum atomic E-state index is -1.45. The van der Waals surface area contributed by atoms with Crippen molar-refractivity contribution in [2.45, 2.75) is 72.1 Å². The molecular weight excluding hydrogens is 334 g/mol. The van der Waals surface area contributed by atoms with Gasteiger partial charge in [0.05, 0.1) is 0 Å². The Kier molecular flexibility index (Phi) is 5.98. The molecule has 1 aliphatic carbocycles. The average molecular weight is 364 g/mol. The molecule has 132 valence electrons. The molecule has 1 N–H and O–H groups in total. The quantitative estimate of drug-likeness (QED) is 0.566. The van der Waals surface area contributed by atoms with Gasteiger partial charge in [-0.1, -0.05) is 57.9 Å². The predicted octanol–water partition coefficient (Wildman–Crippen LogP) is 5.38. The van der Waals surface area contributed by atoms with E-state index in [0.29, 0.717) is 22.2 Å². The van der Waals surface area contributed by atoms with Gasteiger partial charge in [0.1, 0.15) is 30.9 Å². The van der Waals surface area contributed by atoms with E-state index in [2.05, 4.69) is 67.2 Å². The number of halogens is 1. The first-order valence-electron chi connectivity index (χ1n) is 8.86. The van der Waals surface area contributed by atoms with Crippen LogP contribution in [0.3, 0.4) is 0 Å². The summed E-state index contributed by atoms with van der Waals surface area (Å²) in [5.41, 5.74) is 4.36. The predicted molar refractivity (Wildman–Crippen MR) is 106 cm³/mol. The van der Waals surface area contributed by atoms with Gasteiger partial charge in [-0.2, -0.15) is 0 Å². The molecule has 3 nitrogen and oxygen atoms in total. The molecule has 24 heavy (non-hydrogen) atoms. The summed E-state index contributed by atoms with van der Waals surface area (Å²) in [7, 11) is -1.45. The SMILES string of the molecule is CC(C)(C)C1CCC(Nc2ncnc(C#C[Si](C)(C)C)c2Cl)CC1. The molecule has 0 aromatic carbocycles. The second kappa shape index (κ2) is 7.45. The zero-order chi connectivity index (χ0) is 18.0. The summed E-state index contributed by atoms with van der Waals surface area (Å²) in [6, 6.07) is 0.439. The largest absolute Gasteiger partial charge is 0.366 e. The first-order valence-corrected chi connectivity index (χ1v) is 12.7. The molecular formula is C19H30ClN3Si. The topological polar surface area (TPSA) is 37.8 Å². The molecule has 0 unspecified atom stereocenters. The Morgan fingerprint density at radius 2 is 1.75 bits per heavy atom. The molecule has 0 atom stereocenters. The van der Waals surface area contributed by atoms with Crippen molar-refractivity contribution in [1.29, 1.82) is 0 Å². The van der Waals surface area contributed by atoms with Crippen LogP contribution in [0.1, 0.15) is 52.1 Å². The molecule has 1 aromatic rings. The number of aromatic nitrogens is 2. The minimum absolute atomic E-state index is 0.400. The van der Waals surface area contributed by atoms with E-state index in [1.165, 1.54) is 12.8 Å². The number of nitrogens with one attached hydrogen (secondary N) is 1. The van der Waals surface area contributed by atoms with Gasteiger partial charge in [0.25, 0.3) is 0 Å². The molecule has 0 aliphatic heterocycles. The van der Waals surface area contributed by atoms with E-state index in [0.717, 1.165) is 24.6 Å². The summed E-state index contributed by atoms with van der Waals surface area (Å²) < 4.78 is 0. The summed E-state index contributed by atoms with van der Waals surface area (Å²) in [6.07, 6.45) is 6.40. The fraction of sp³-hybridized carbons (Fsp3) is 0.684. The van der Waals surface area contributed by atoms with E-state index >= 15 is 0 Å². The molecule has 5 heteroatoms. The average Bonchev–Trinajstić information content (AvgIpc) is 2.47. The van der Waals surface area contributed by atoms with E-state index < -0.39 is 8.07 Å². The van der Waals surface area contributed by atoms with Gasteiger partial charge in [0.15, 0.2) is 0 Å². The molecule has 1 heterocycles. The molecule has 0 bridgehead atoms. The van der Waals surface area contributed by atoms with Crippen molar-refractivity contribution >= 4 is 25.5 Å². The summed E-state index contributed by atoms with van der Waals surface area (Å²) in [4.78, 5) is 8.58. The van der Waals surface area contributed by atoms with E-state index in [-0.39, 0.29) is 0 Å². The highest BCUT2D eigenvalue weighted by molar-refractivity contribution is 6.83. The van der Waals surface area contributed by atoms with Crippen molar-refractivity contribution < 1.29 is 0 Å². The number of hydrogen-bond donors (Lipinski definition) is 1. The zero-order valence-electron chi connectivity index (χ0n) is 15.8. The summed E-state index contributed by atoms with van der Waals surface area (Å²) in [6.45, 7) is 13.7. The lowest BCUT2D eigenvalue weighted by atomic mass is 9.71. The van der Waals surface area contributed by atoms with E-state index in [1.807, 2.05) is 0 Å². The maximum atomic E-state index is 6.48. The fourth-order valence-corrected chi connectivity index (χ4v) is 3.79. The van der Waals surface area contributed by atoms with Crippen LogP contribution in [0.25, 0.3) is 0 Å². The Balaban J connectivity index is 2.05. The van der Waals surface area contributed by atoms with Gasteiger partial charge in [-0.15, -0.1) is 5.54 Å². The number of rotatable bonds is 2. The second-order valence-corrected chi connectivity index (χ2v) is 14.1. The van der Waals surface area contributed by atoms with Crippen LogP contribution in [0, 0.1) is 22.8 Å². The molecule has 0 amide bonds. The molecule has 0 spiro atoms. The van der Waals surface area contributed by atoms with Crippen LogP contribution in [0.2, 0.25) is 24.7 Å². The Morgan fingerprint density at radius 3 is 2.29 bits per heavy atom. The third-order valence-electron chi connectivity index (χ3n) is 4.64. The minimum Gasteiger partial charge on any atom is -0.366 e. The van der Waals surface area contributed by atoms with E-state index in [4.69, 9.17) is 11.6 Å². The summed E-state index contributed by atoms with van der Waals surface area (Å²) in [5.74, 6) is 4.67. The second-order valence-electron chi connectivity index (χ2n) is 8.94. The van der Waals surface area contributed by atoms with Crippen molar-refractivity contribution in [2.75, 3.05) is 5.32 Å². The molecule has 0 radical (unpaired) electrons. The van der Waals surface area contributed by atoms with Crippen molar-refractivity contribution in [3.05, 3.63) is 17.0 Å². The van der Waals surface area contributed by atoms with Gasteiger partial charge in [0, 0.05) is 6.04 Å². The van der Waals surface area contributed by atoms with Crippen LogP contribution in [0.4, 0.5) is 5.82 Å². The highest BCUT2D eigenvalue weighted by Crippen LogP contribution is 2.38. The van der Waals surface area contributed by atoms with Crippen molar-refractivity contribution in [2.24, 2.45) is 11.3 Å². The van der Waals surface area contributed by atoms with Gasteiger partial charge in [0.2, 0.25) is 0 Å². The van der Waals surface area contributed by atoms with Crippen molar-refractivity contribution in [1.82, 2.24) is 9.97 Å². The standard InChI is InChI=1S/C19H30ClN3Si/c1-19(2,3)14-7-9-15(10-8-14)23-18-17(20)16(21-13-22-18)11-12-24(4,5)6/h13-15H,7-10H2,1-6H3,(H,21,22,23). The van der Waals surface area contributed by atoms with Crippen LogP contribution in [0.15, 0.2) is 6.33 Å². The summed E-state index contributed by atoms with van der Waals surface area (Å²) >= 11 is 6.48. The maximum absolute atomic E-state index is 6.48. The van der Waals surface area contributed by atoms with Crippen LogP contribution >= 0.6 is 11.6 Å². The molecule has 2 rings (SSSR count). The first kappa shape index (κ1) is 19.3. The van der Waals surface area contributed by atoms with Gasteiger partial charge in [-0.05, 0) is 37.0 Å². The zero-order valence-corrected chi connectivity index (χ0v) is 17.6. The van der Waals surface area contributed by atoms with Gasteiger partial charge in [-0.3, -0.25) is 0 Å². The van der Waals surface area contributed by atoms with Crippen molar-refractivity contribution in [3.8, 4) is 11.5 Å². The Labute approximate surface area is 153 Å². The number of anilines is 1. The van der Waals surface area contributed by atoms with Gasteiger partial charge in [-0.25, -0.2) is 9.97 Å². The van der Waals surface area contributed by atoms with Crippen LogP contribution in [-0.2, 0) is 0 Å². The molecule has 1 fully saturated rings. The lowest BCUT2D eigenvalue weighted by molar-refractivity contribution is 0.173. The van der Waals surface area contributed by atoms with Crippen molar-refractivity contribution in [3.63, 3.8) is 0 Å². The highest BCUT2D eigenvalue weighted by atomic mass is 35.5. The third-order valence-corrected chi connectivity index (χ3v) is 5.87. The highest BCUT2D eigenvalue weighted by Gasteiger charge is 2.30. The normalized spacial score (nSPS) is 21.8. The lowest BCUT2D eigenvalue weighted by Gasteiger charge is -2.37. The first-order chi connectivity index (χ1) is 11.1. The monoisotopic (exact) mass is 363 g/mol. The molecule has 1 aromatic heterocycles. The Morgan fingerprint density at radius 1 is 1.12 bits per heavy atom. The molecule has 1 aliphatic rings.